The van der Waals surface area contributed by atoms with E-state index in [1.807, 2.05) is 4.90 Å². The lowest BCUT2D eigenvalue weighted by molar-refractivity contribution is -0.141. The maximum absolute atomic E-state index is 13.0. The van der Waals surface area contributed by atoms with Crippen LogP contribution < -0.4 is 20.4 Å². The SMILES string of the molecule is O=C(N[C@H](CO)CC(F)(F)F)c1ccc2c(n1)N(C(=O)Nc1ccccn1)[C@H]1CCN2C1. The summed E-state index contributed by atoms with van der Waals surface area (Å²) >= 11 is 0. The topological polar surface area (TPSA) is 111 Å². The van der Waals surface area contributed by atoms with Crippen LogP contribution in [-0.4, -0.2) is 65.0 Å². The lowest BCUT2D eigenvalue weighted by Crippen LogP contribution is -2.48. The summed E-state index contributed by atoms with van der Waals surface area (Å²) in [6.07, 6.45) is -3.67. The molecule has 4 heterocycles. The average molecular weight is 450 g/mol. The normalized spacial score (nSPS) is 18.2. The molecular formula is C20H21F3N6O3. The standard InChI is InChI=1S/C20H21F3N6O3/c21-20(22,23)9-12(11-30)25-18(31)14-4-5-15-17(26-14)29(13-6-8-28(15)10-13)19(32)27-16-3-1-2-7-24-16/h1-5,7,12-13,30H,6,8-11H2,(H,25,31)(H,24,27,32)/t12-,13-/m0/s1. The van der Waals surface area contributed by atoms with E-state index in [9.17, 15) is 27.9 Å². The molecule has 3 amide bonds. The van der Waals surface area contributed by atoms with Gasteiger partial charge in [-0.05, 0) is 30.7 Å². The Morgan fingerprint density at radius 2 is 2.06 bits per heavy atom. The van der Waals surface area contributed by atoms with E-state index in [1.165, 1.54) is 17.2 Å². The minimum absolute atomic E-state index is 0.150. The third-order valence-corrected chi connectivity index (χ3v) is 5.34. The highest BCUT2D eigenvalue weighted by atomic mass is 19.4. The summed E-state index contributed by atoms with van der Waals surface area (Å²) in [6, 6.07) is 5.95. The number of nitrogens with one attached hydrogen (secondary N) is 2. The molecule has 2 aliphatic rings. The molecule has 1 fully saturated rings. The first-order chi connectivity index (χ1) is 15.2. The third-order valence-electron chi connectivity index (χ3n) is 5.34. The smallest absolute Gasteiger partial charge is 0.391 e. The van der Waals surface area contributed by atoms with Gasteiger partial charge in [0.2, 0.25) is 0 Å². The Morgan fingerprint density at radius 1 is 1.25 bits per heavy atom. The van der Waals surface area contributed by atoms with Crippen molar-refractivity contribution < 1.29 is 27.9 Å². The number of carbonyl (C=O) groups is 2. The highest BCUT2D eigenvalue weighted by molar-refractivity contribution is 6.05. The number of hydrogen-bond acceptors (Lipinski definition) is 6. The van der Waals surface area contributed by atoms with Crippen molar-refractivity contribution in [3.63, 3.8) is 0 Å². The zero-order valence-corrected chi connectivity index (χ0v) is 16.8. The Kier molecular flexibility index (Phi) is 5.87. The minimum atomic E-state index is -4.54. The van der Waals surface area contributed by atoms with Gasteiger partial charge < -0.3 is 15.3 Å². The van der Waals surface area contributed by atoms with Crippen molar-refractivity contribution in [1.82, 2.24) is 15.3 Å². The fourth-order valence-corrected chi connectivity index (χ4v) is 3.90. The van der Waals surface area contributed by atoms with E-state index in [0.717, 1.165) is 0 Å². The minimum Gasteiger partial charge on any atom is -0.394 e. The summed E-state index contributed by atoms with van der Waals surface area (Å²) in [4.78, 5) is 37.5. The molecule has 9 nitrogen and oxygen atoms in total. The van der Waals surface area contributed by atoms with Gasteiger partial charge in [-0.1, -0.05) is 6.07 Å². The molecule has 3 N–H and O–H groups in total. The van der Waals surface area contributed by atoms with E-state index in [-0.39, 0.29) is 17.6 Å². The van der Waals surface area contributed by atoms with Crippen LogP contribution in [0.1, 0.15) is 23.3 Å². The molecule has 0 aromatic carbocycles. The molecule has 2 bridgehead atoms. The highest BCUT2D eigenvalue weighted by Gasteiger charge is 2.41. The molecule has 2 atom stereocenters. The van der Waals surface area contributed by atoms with E-state index in [1.54, 1.807) is 24.3 Å². The molecule has 0 spiro atoms. The predicted octanol–water partition coefficient (Wildman–Crippen LogP) is 2.15. The second-order valence-corrected chi connectivity index (χ2v) is 7.62. The van der Waals surface area contributed by atoms with E-state index >= 15 is 0 Å². The lowest BCUT2D eigenvalue weighted by atomic mass is 10.1. The Labute approximate surface area is 181 Å². The monoisotopic (exact) mass is 450 g/mol. The van der Waals surface area contributed by atoms with Crippen LogP contribution in [0.2, 0.25) is 0 Å². The number of fused-ring (bicyclic) bond motifs is 4. The first-order valence-electron chi connectivity index (χ1n) is 10.0. The summed E-state index contributed by atoms with van der Waals surface area (Å²) in [5.74, 6) is -0.267. The molecule has 0 radical (unpaired) electrons. The average Bonchev–Trinajstić information content (AvgIpc) is 3.17. The van der Waals surface area contributed by atoms with Crippen molar-refractivity contribution in [3.05, 3.63) is 42.2 Å². The maximum Gasteiger partial charge on any atom is 0.391 e. The van der Waals surface area contributed by atoms with Crippen LogP contribution in [0, 0.1) is 0 Å². The quantitative estimate of drug-likeness (QED) is 0.644. The van der Waals surface area contributed by atoms with Gasteiger partial charge in [0, 0.05) is 19.3 Å². The van der Waals surface area contributed by atoms with Gasteiger partial charge in [-0.3, -0.25) is 15.0 Å². The van der Waals surface area contributed by atoms with Crippen molar-refractivity contribution in [3.8, 4) is 0 Å². The molecule has 32 heavy (non-hydrogen) atoms. The largest absolute Gasteiger partial charge is 0.394 e. The molecule has 2 aromatic heterocycles. The van der Waals surface area contributed by atoms with Crippen molar-refractivity contribution in [2.24, 2.45) is 0 Å². The number of alkyl halides is 3. The van der Waals surface area contributed by atoms with Gasteiger partial charge >= 0.3 is 12.2 Å². The second kappa shape index (κ2) is 8.61. The summed E-state index contributed by atoms with van der Waals surface area (Å²) in [6.45, 7) is 0.440. The zero-order chi connectivity index (χ0) is 22.9. The predicted molar refractivity (Wildman–Crippen MR) is 110 cm³/mol. The fourth-order valence-electron chi connectivity index (χ4n) is 3.90. The summed E-state index contributed by atoms with van der Waals surface area (Å²) in [5, 5.41) is 14.1. The second-order valence-electron chi connectivity index (χ2n) is 7.62. The molecule has 4 rings (SSSR count). The van der Waals surface area contributed by atoms with Crippen LogP contribution in [0.15, 0.2) is 36.5 Å². The number of aliphatic hydroxyl groups excluding tert-OH is 1. The van der Waals surface area contributed by atoms with Crippen molar-refractivity contribution in [2.45, 2.75) is 31.1 Å². The highest BCUT2D eigenvalue weighted by Crippen LogP contribution is 2.39. The number of nitrogens with zero attached hydrogens (tertiary/aromatic N) is 4. The molecule has 0 unspecified atom stereocenters. The molecule has 2 aromatic rings. The van der Waals surface area contributed by atoms with Gasteiger partial charge in [-0.25, -0.2) is 14.8 Å². The summed E-state index contributed by atoms with van der Waals surface area (Å²) < 4.78 is 37.9. The van der Waals surface area contributed by atoms with Crippen LogP contribution in [0.4, 0.5) is 35.3 Å². The van der Waals surface area contributed by atoms with Crippen LogP contribution in [-0.2, 0) is 0 Å². The summed E-state index contributed by atoms with van der Waals surface area (Å²) in [7, 11) is 0. The Morgan fingerprint density at radius 3 is 2.75 bits per heavy atom. The number of aliphatic hydroxyl groups is 1. The first kappa shape index (κ1) is 21.8. The number of aromatic nitrogens is 2. The van der Waals surface area contributed by atoms with E-state index in [2.05, 4.69) is 20.6 Å². The van der Waals surface area contributed by atoms with Crippen LogP contribution >= 0.6 is 0 Å². The number of carbonyl (C=O) groups excluding carboxylic acids is 2. The number of halogens is 3. The molecular weight excluding hydrogens is 429 g/mol. The molecule has 2 aliphatic heterocycles. The van der Waals surface area contributed by atoms with E-state index < -0.39 is 37.2 Å². The van der Waals surface area contributed by atoms with Gasteiger partial charge in [0.1, 0.15) is 11.5 Å². The van der Waals surface area contributed by atoms with Crippen LogP contribution in [0.5, 0.6) is 0 Å². The first-order valence-corrected chi connectivity index (χ1v) is 10.0. The van der Waals surface area contributed by atoms with Gasteiger partial charge in [0.25, 0.3) is 5.91 Å². The van der Waals surface area contributed by atoms with E-state index in [4.69, 9.17) is 0 Å². The van der Waals surface area contributed by atoms with Crippen LogP contribution in [0.3, 0.4) is 0 Å². The Hall–Kier alpha value is -3.41. The van der Waals surface area contributed by atoms with Gasteiger partial charge in [0.05, 0.1) is 30.8 Å². The molecule has 1 saturated heterocycles. The summed E-state index contributed by atoms with van der Waals surface area (Å²) in [5.41, 5.74) is 0.503. The van der Waals surface area contributed by atoms with Gasteiger partial charge in [0.15, 0.2) is 5.82 Å². The Balaban J connectivity index is 1.59. The number of rotatable bonds is 5. The number of urea groups is 1. The van der Waals surface area contributed by atoms with E-state index in [0.29, 0.717) is 31.0 Å². The molecule has 0 aliphatic carbocycles. The number of amides is 3. The van der Waals surface area contributed by atoms with Crippen LogP contribution in [0.25, 0.3) is 0 Å². The molecule has 12 heteroatoms. The van der Waals surface area contributed by atoms with Gasteiger partial charge in [-0.15, -0.1) is 0 Å². The van der Waals surface area contributed by atoms with Crippen molar-refractivity contribution in [2.75, 3.05) is 34.8 Å². The lowest BCUT2D eigenvalue weighted by Gasteiger charge is -2.35. The molecule has 170 valence electrons. The fraction of sp³-hybridized carbons (Fsp3) is 0.400. The van der Waals surface area contributed by atoms with Crippen molar-refractivity contribution >= 4 is 29.3 Å². The van der Waals surface area contributed by atoms with Gasteiger partial charge in [-0.2, -0.15) is 13.2 Å². The van der Waals surface area contributed by atoms with Crippen molar-refractivity contribution in [1.29, 1.82) is 0 Å². The maximum atomic E-state index is 13.0. The number of hydrogen-bond donors (Lipinski definition) is 3. The number of pyridine rings is 2. The third kappa shape index (κ3) is 4.59. The zero-order valence-electron chi connectivity index (χ0n) is 16.8. The number of anilines is 3. The Bertz CT molecular complexity index is 1000. The molecule has 0 saturated carbocycles.